The Morgan fingerprint density at radius 3 is 2.69 bits per heavy atom. The number of fused-ring (bicyclic) bond motifs is 1. The van der Waals surface area contributed by atoms with Crippen molar-refractivity contribution in [2.24, 2.45) is 0 Å². The average Bonchev–Trinajstić information content (AvgIpc) is 3.42. The largest absolute Gasteiger partial charge is 0.416 e. The number of nitrogens with one attached hydrogen (secondary N) is 2. The number of urea groups is 1. The van der Waals surface area contributed by atoms with Gasteiger partial charge in [-0.15, -0.1) is 0 Å². The van der Waals surface area contributed by atoms with Gasteiger partial charge in [0.15, 0.2) is 5.13 Å². The van der Waals surface area contributed by atoms with Crippen LogP contribution >= 0.6 is 11.3 Å². The minimum absolute atomic E-state index is 0.000321. The fourth-order valence-electron chi connectivity index (χ4n) is 3.05. The summed E-state index contributed by atoms with van der Waals surface area (Å²) in [5.74, 6) is 0. The number of anilines is 2. The highest BCUT2D eigenvalue weighted by Crippen LogP contribution is 2.36. The highest BCUT2D eigenvalue weighted by atomic mass is 32.2. The van der Waals surface area contributed by atoms with E-state index >= 15 is 0 Å². The molecule has 2 N–H and O–H groups in total. The number of carbonyl (C=O) groups excluding carboxylic acids is 1. The van der Waals surface area contributed by atoms with Gasteiger partial charge in [-0.05, 0) is 31.0 Å². The molecule has 0 spiro atoms. The van der Waals surface area contributed by atoms with Crippen molar-refractivity contribution in [2.45, 2.75) is 37.2 Å². The van der Waals surface area contributed by atoms with E-state index in [0.717, 1.165) is 34.0 Å². The van der Waals surface area contributed by atoms with E-state index in [4.69, 9.17) is 0 Å². The first-order valence-electron chi connectivity index (χ1n) is 8.86. The highest BCUT2D eigenvalue weighted by molar-refractivity contribution is 7.90. The predicted octanol–water partition coefficient (Wildman–Crippen LogP) is 3.66. The number of amides is 2. The molecule has 29 heavy (non-hydrogen) atoms. The van der Waals surface area contributed by atoms with E-state index < -0.39 is 27.8 Å². The van der Waals surface area contributed by atoms with Gasteiger partial charge in [0.1, 0.15) is 0 Å². The van der Waals surface area contributed by atoms with Crippen LogP contribution in [0.15, 0.2) is 24.3 Å². The predicted molar refractivity (Wildman–Crippen MR) is 102 cm³/mol. The van der Waals surface area contributed by atoms with Crippen LogP contribution in [0.5, 0.6) is 0 Å². The van der Waals surface area contributed by atoms with E-state index in [2.05, 4.69) is 15.6 Å². The van der Waals surface area contributed by atoms with E-state index in [9.17, 15) is 26.4 Å². The Labute approximate surface area is 169 Å². The zero-order valence-electron chi connectivity index (χ0n) is 15.0. The first-order chi connectivity index (χ1) is 13.6. The molecule has 1 aliphatic carbocycles. The number of rotatable bonds is 4. The van der Waals surface area contributed by atoms with Gasteiger partial charge < -0.3 is 5.32 Å². The Morgan fingerprint density at radius 1 is 1.24 bits per heavy atom. The van der Waals surface area contributed by atoms with Crippen LogP contribution in [0.1, 0.15) is 29.0 Å². The van der Waals surface area contributed by atoms with Crippen LogP contribution in [0.4, 0.5) is 28.8 Å². The van der Waals surface area contributed by atoms with Gasteiger partial charge in [-0.2, -0.15) is 17.5 Å². The van der Waals surface area contributed by atoms with Gasteiger partial charge in [0.2, 0.25) is 10.0 Å². The lowest BCUT2D eigenvalue weighted by Gasteiger charge is -2.25. The Kier molecular flexibility index (Phi) is 5.03. The van der Waals surface area contributed by atoms with Gasteiger partial charge in [-0.3, -0.25) is 5.32 Å². The monoisotopic (exact) mass is 446 g/mol. The quantitative estimate of drug-likeness (QED) is 0.750. The molecule has 1 aromatic carbocycles. The number of nitrogens with zero attached hydrogens (tertiary/aromatic N) is 2. The third kappa shape index (κ3) is 4.38. The van der Waals surface area contributed by atoms with Crippen molar-refractivity contribution in [1.29, 1.82) is 0 Å². The van der Waals surface area contributed by atoms with Crippen LogP contribution in [0, 0.1) is 0 Å². The second kappa shape index (κ2) is 7.26. The molecule has 1 aromatic heterocycles. The van der Waals surface area contributed by atoms with Crippen molar-refractivity contribution in [2.75, 3.05) is 17.2 Å². The van der Waals surface area contributed by atoms with Crippen molar-refractivity contribution in [3.63, 3.8) is 0 Å². The van der Waals surface area contributed by atoms with Gasteiger partial charge in [0, 0.05) is 30.1 Å². The summed E-state index contributed by atoms with van der Waals surface area (Å²) in [6, 6.07) is 3.59. The number of aromatic nitrogens is 1. The van der Waals surface area contributed by atoms with Crippen molar-refractivity contribution in [3.05, 3.63) is 40.4 Å². The number of sulfonamides is 1. The van der Waals surface area contributed by atoms with Crippen LogP contribution < -0.4 is 10.6 Å². The normalized spacial score (nSPS) is 17.6. The molecule has 156 valence electrons. The van der Waals surface area contributed by atoms with Crippen LogP contribution in [0.25, 0.3) is 0 Å². The molecule has 1 fully saturated rings. The first-order valence-corrected chi connectivity index (χ1v) is 11.2. The van der Waals surface area contributed by atoms with Gasteiger partial charge >= 0.3 is 12.2 Å². The third-order valence-corrected chi connectivity index (χ3v) is 8.01. The third-order valence-electron chi connectivity index (χ3n) is 4.67. The van der Waals surface area contributed by atoms with E-state index in [1.165, 1.54) is 16.4 Å². The molecule has 1 saturated carbocycles. The Hall–Kier alpha value is -2.18. The SMILES string of the molecule is O=C(Nc1cccc(C(F)(F)F)c1)Nc1nc2c(s1)CN(S(=O)(=O)C1CC1)CC2. The number of hydrogen-bond donors (Lipinski definition) is 2. The van der Waals surface area contributed by atoms with Crippen molar-refractivity contribution < 1.29 is 26.4 Å². The molecule has 0 unspecified atom stereocenters. The number of hydrogen-bond acceptors (Lipinski definition) is 5. The number of thiazole rings is 1. The fourth-order valence-corrected chi connectivity index (χ4v) is 5.96. The molecule has 0 atom stereocenters. The molecule has 2 heterocycles. The molecule has 12 heteroatoms. The Bertz CT molecular complexity index is 1050. The maximum atomic E-state index is 12.8. The maximum Gasteiger partial charge on any atom is 0.416 e. The fraction of sp³-hybridized carbons (Fsp3) is 0.412. The van der Waals surface area contributed by atoms with Crippen LogP contribution in [0.2, 0.25) is 0 Å². The van der Waals surface area contributed by atoms with E-state index in [1.807, 2.05) is 0 Å². The molecule has 2 aromatic rings. The summed E-state index contributed by atoms with van der Waals surface area (Å²) in [5.41, 5.74) is -0.135. The van der Waals surface area contributed by atoms with E-state index in [-0.39, 0.29) is 22.6 Å². The summed E-state index contributed by atoms with van der Waals surface area (Å²) in [5, 5.41) is 4.84. The molecule has 0 saturated heterocycles. The molecule has 2 amide bonds. The molecule has 7 nitrogen and oxygen atoms in total. The van der Waals surface area contributed by atoms with Crippen molar-refractivity contribution in [3.8, 4) is 0 Å². The smallest absolute Gasteiger partial charge is 0.308 e. The lowest BCUT2D eigenvalue weighted by atomic mass is 10.2. The maximum absolute atomic E-state index is 12.8. The highest BCUT2D eigenvalue weighted by Gasteiger charge is 2.41. The molecule has 0 radical (unpaired) electrons. The summed E-state index contributed by atoms with van der Waals surface area (Å²) in [4.78, 5) is 17.2. The van der Waals surface area contributed by atoms with Crippen LogP contribution in [0.3, 0.4) is 0 Å². The minimum Gasteiger partial charge on any atom is -0.308 e. The molecule has 1 aliphatic heterocycles. The molecular weight excluding hydrogens is 429 g/mol. The summed E-state index contributed by atoms with van der Waals surface area (Å²) in [6.45, 7) is 0.578. The minimum atomic E-state index is -4.50. The number of alkyl halides is 3. The summed E-state index contributed by atoms with van der Waals surface area (Å²) in [7, 11) is -3.28. The van der Waals surface area contributed by atoms with Crippen LogP contribution in [-0.4, -0.2) is 35.5 Å². The van der Waals surface area contributed by atoms with Crippen molar-refractivity contribution >= 4 is 38.2 Å². The van der Waals surface area contributed by atoms with Gasteiger partial charge in [0.25, 0.3) is 0 Å². The van der Waals surface area contributed by atoms with Crippen molar-refractivity contribution in [1.82, 2.24) is 9.29 Å². The number of benzene rings is 1. The second-order valence-electron chi connectivity index (χ2n) is 6.87. The standard InChI is InChI=1S/C17H17F3N4O3S2/c18-17(19,20)10-2-1-3-11(8-10)21-15(25)23-16-22-13-6-7-24(9-14(13)28-16)29(26,27)12-4-5-12/h1-3,8,12H,4-7,9H2,(H2,21,22,23,25). The Morgan fingerprint density at radius 2 is 2.00 bits per heavy atom. The van der Waals surface area contributed by atoms with E-state index in [0.29, 0.717) is 25.8 Å². The Balaban J connectivity index is 1.41. The van der Waals surface area contributed by atoms with Gasteiger partial charge in [-0.1, -0.05) is 17.4 Å². The van der Waals surface area contributed by atoms with E-state index in [1.54, 1.807) is 0 Å². The number of halogens is 3. The number of carbonyl (C=O) groups is 1. The lowest BCUT2D eigenvalue weighted by molar-refractivity contribution is -0.137. The summed E-state index contributed by atoms with van der Waals surface area (Å²) >= 11 is 1.16. The average molecular weight is 446 g/mol. The zero-order chi connectivity index (χ0) is 20.8. The molecule has 4 rings (SSSR count). The zero-order valence-corrected chi connectivity index (χ0v) is 16.6. The first kappa shape index (κ1) is 20.1. The lowest BCUT2D eigenvalue weighted by Crippen LogP contribution is -2.37. The molecular formula is C17H17F3N4O3S2. The summed E-state index contributed by atoms with van der Waals surface area (Å²) in [6.07, 6.45) is -2.67. The summed E-state index contributed by atoms with van der Waals surface area (Å²) < 4.78 is 64.6. The topological polar surface area (TPSA) is 91.4 Å². The molecule has 2 aliphatic rings. The second-order valence-corrected chi connectivity index (χ2v) is 10.2. The van der Waals surface area contributed by atoms with Gasteiger partial charge in [0.05, 0.1) is 16.5 Å². The van der Waals surface area contributed by atoms with Gasteiger partial charge in [-0.25, -0.2) is 18.2 Å². The van der Waals surface area contributed by atoms with Crippen LogP contribution in [-0.2, 0) is 29.2 Å². The molecule has 0 bridgehead atoms.